The molecule has 0 fully saturated rings. The first-order valence-electron chi connectivity index (χ1n) is 6.36. The minimum atomic E-state index is 0.625. The molecule has 0 saturated heterocycles. The predicted molar refractivity (Wildman–Crippen MR) is 77.1 cm³/mol. The quantitative estimate of drug-likeness (QED) is 0.698. The van der Waals surface area contributed by atoms with Crippen LogP contribution in [-0.4, -0.2) is 45.2 Å². The van der Waals surface area contributed by atoms with Gasteiger partial charge in [0.05, 0.1) is 13.2 Å². The number of nitrogens with zero attached hydrogens (tertiary/aromatic N) is 1. The van der Waals surface area contributed by atoms with Crippen LogP contribution in [0.1, 0.15) is 12.0 Å². The molecule has 102 valence electrons. The molecule has 4 heteroatoms. The van der Waals surface area contributed by atoms with E-state index in [2.05, 4.69) is 24.3 Å². The average molecular weight is 271 g/mol. The fraction of sp³-hybridized carbons (Fsp3) is 0.571. The first-order chi connectivity index (χ1) is 8.68. The van der Waals surface area contributed by atoms with Gasteiger partial charge in [-0.15, -0.1) is 0 Å². The largest absolute Gasteiger partial charge is 0.375 e. The van der Waals surface area contributed by atoms with Crippen molar-refractivity contribution >= 4 is 11.6 Å². The lowest BCUT2D eigenvalue weighted by molar-refractivity contribution is 0.122. The zero-order valence-corrected chi connectivity index (χ0v) is 12.0. The van der Waals surface area contributed by atoms with Crippen LogP contribution >= 0.6 is 11.6 Å². The van der Waals surface area contributed by atoms with Gasteiger partial charge in [-0.1, -0.05) is 23.7 Å². The summed E-state index contributed by atoms with van der Waals surface area (Å²) in [5.41, 5.74) is 1.12. The zero-order chi connectivity index (χ0) is 13.2. The van der Waals surface area contributed by atoms with Gasteiger partial charge in [-0.05, 0) is 51.3 Å². The number of ether oxygens (including phenoxy) is 1. The highest BCUT2D eigenvalue weighted by molar-refractivity contribution is 6.30. The van der Waals surface area contributed by atoms with Crippen molar-refractivity contribution in [2.24, 2.45) is 0 Å². The van der Waals surface area contributed by atoms with Crippen molar-refractivity contribution in [1.82, 2.24) is 10.2 Å². The van der Waals surface area contributed by atoms with Crippen LogP contribution in [0, 0.1) is 0 Å². The second-order valence-corrected chi connectivity index (χ2v) is 5.03. The third kappa shape index (κ3) is 7.67. The number of hydrogen-bond donors (Lipinski definition) is 1. The van der Waals surface area contributed by atoms with E-state index in [1.807, 2.05) is 24.3 Å². The molecule has 1 rings (SSSR count). The Bertz CT molecular complexity index is 331. The maximum Gasteiger partial charge on any atom is 0.0718 e. The van der Waals surface area contributed by atoms with Crippen molar-refractivity contribution in [1.29, 1.82) is 0 Å². The van der Waals surface area contributed by atoms with E-state index in [9.17, 15) is 0 Å². The van der Waals surface area contributed by atoms with E-state index in [4.69, 9.17) is 16.3 Å². The summed E-state index contributed by atoms with van der Waals surface area (Å²) in [6.07, 6.45) is 1.17. The molecule has 18 heavy (non-hydrogen) atoms. The fourth-order valence-electron chi connectivity index (χ4n) is 1.61. The molecule has 0 aromatic heterocycles. The van der Waals surface area contributed by atoms with E-state index in [0.29, 0.717) is 6.61 Å². The van der Waals surface area contributed by atoms with Gasteiger partial charge < -0.3 is 15.0 Å². The van der Waals surface area contributed by atoms with E-state index >= 15 is 0 Å². The fourth-order valence-corrected chi connectivity index (χ4v) is 1.82. The molecular formula is C14H23ClN2O. The molecule has 0 aliphatic rings. The number of nitrogens with one attached hydrogen (secondary N) is 1. The van der Waals surface area contributed by atoms with Gasteiger partial charge in [-0.25, -0.2) is 0 Å². The highest BCUT2D eigenvalue weighted by atomic mass is 35.5. The lowest BCUT2D eigenvalue weighted by Crippen LogP contribution is -2.24. The van der Waals surface area contributed by atoms with Gasteiger partial charge in [0, 0.05) is 11.6 Å². The van der Waals surface area contributed by atoms with Gasteiger partial charge in [-0.2, -0.15) is 0 Å². The summed E-state index contributed by atoms with van der Waals surface area (Å²) in [6, 6.07) is 7.78. The van der Waals surface area contributed by atoms with Crippen LogP contribution in [-0.2, 0) is 11.3 Å². The van der Waals surface area contributed by atoms with Crippen molar-refractivity contribution in [3.63, 3.8) is 0 Å². The first kappa shape index (κ1) is 15.4. The zero-order valence-electron chi connectivity index (χ0n) is 11.3. The Balaban J connectivity index is 1.96. The van der Waals surface area contributed by atoms with E-state index in [1.54, 1.807) is 0 Å². The van der Waals surface area contributed by atoms with Crippen LogP contribution in [0.2, 0.25) is 5.02 Å². The van der Waals surface area contributed by atoms with Crippen LogP contribution in [0.15, 0.2) is 24.3 Å². The molecule has 0 heterocycles. The second-order valence-electron chi connectivity index (χ2n) is 4.59. The Labute approximate surface area is 115 Å². The summed E-state index contributed by atoms with van der Waals surface area (Å²) in [5.74, 6) is 0. The number of halogens is 1. The van der Waals surface area contributed by atoms with E-state index in [-0.39, 0.29) is 0 Å². The minimum Gasteiger partial charge on any atom is -0.375 e. The van der Waals surface area contributed by atoms with Crippen LogP contribution in [0.3, 0.4) is 0 Å². The minimum absolute atomic E-state index is 0.625. The number of hydrogen-bond acceptors (Lipinski definition) is 3. The van der Waals surface area contributed by atoms with Gasteiger partial charge >= 0.3 is 0 Å². The molecule has 1 aromatic carbocycles. The van der Waals surface area contributed by atoms with Crippen molar-refractivity contribution in [2.75, 3.05) is 40.3 Å². The van der Waals surface area contributed by atoms with Crippen molar-refractivity contribution < 1.29 is 4.74 Å². The SMILES string of the molecule is CN(C)CCCNCCOCc1cccc(Cl)c1. The van der Waals surface area contributed by atoms with Crippen LogP contribution in [0.5, 0.6) is 0 Å². The molecule has 0 radical (unpaired) electrons. The molecule has 0 spiro atoms. The lowest BCUT2D eigenvalue weighted by atomic mass is 10.2. The summed E-state index contributed by atoms with van der Waals surface area (Å²) in [6.45, 7) is 4.41. The number of benzene rings is 1. The Morgan fingerprint density at radius 2 is 2.11 bits per heavy atom. The monoisotopic (exact) mass is 270 g/mol. The van der Waals surface area contributed by atoms with Gasteiger partial charge in [0.1, 0.15) is 0 Å². The molecule has 3 nitrogen and oxygen atoms in total. The third-order valence-electron chi connectivity index (χ3n) is 2.54. The molecular weight excluding hydrogens is 248 g/mol. The van der Waals surface area contributed by atoms with E-state index < -0.39 is 0 Å². The lowest BCUT2D eigenvalue weighted by Gasteiger charge is -2.10. The van der Waals surface area contributed by atoms with Gasteiger partial charge in [-0.3, -0.25) is 0 Å². The summed E-state index contributed by atoms with van der Waals surface area (Å²) in [4.78, 5) is 2.19. The molecule has 0 aliphatic carbocycles. The summed E-state index contributed by atoms with van der Waals surface area (Å²) < 4.78 is 5.57. The Hall–Kier alpha value is -0.610. The van der Waals surface area contributed by atoms with Crippen LogP contribution < -0.4 is 5.32 Å². The van der Waals surface area contributed by atoms with Crippen molar-refractivity contribution in [3.8, 4) is 0 Å². The smallest absolute Gasteiger partial charge is 0.0718 e. The first-order valence-corrected chi connectivity index (χ1v) is 6.74. The Morgan fingerprint density at radius 3 is 2.83 bits per heavy atom. The maximum atomic E-state index is 5.90. The molecule has 0 bridgehead atoms. The predicted octanol–water partition coefficient (Wildman–Crippen LogP) is 2.40. The molecule has 0 amide bonds. The van der Waals surface area contributed by atoms with Crippen LogP contribution in [0.4, 0.5) is 0 Å². The standard InChI is InChI=1S/C14H23ClN2O/c1-17(2)9-4-7-16-8-10-18-12-13-5-3-6-14(15)11-13/h3,5-6,11,16H,4,7-10,12H2,1-2H3. The van der Waals surface area contributed by atoms with Crippen LogP contribution in [0.25, 0.3) is 0 Å². The molecule has 1 N–H and O–H groups in total. The third-order valence-corrected chi connectivity index (χ3v) is 2.77. The average Bonchev–Trinajstić information content (AvgIpc) is 2.32. The van der Waals surface area contributed by atoms with Crippen molar-refractivity contribution in [3.05, 3.63) is 34.9 Å². The molecule has 0 unspecified atom stereocenters. The highest BCUT2D eigenvalue weighted by Crippen LogP contribution is 2.11. The highest BCUT2D eigenvalue weighted by Gasteiger charge is 1.95. The Kier molecular flexibility index (Phi) is 8.01. The Morgan fingerprint density at radius 1 is 1.28 bits per heavy atom. The maximum absolute atomic E-state index is 5.90. The molecule has 1 aromatic rings. The number of rotatable bonds is 9. The van der Waals surface area contributed by atoms with E-state index in [1.165, 1.54) is 6.42 Å². The summed E-state index contributed by atoms with van der Waals surface area (Å²) in [5, 5.41) is 4.12. The summed E-state index contributed by atoms with van der Waals surface area (Å²) in [7, 11) is 4.18. The molecule has 0 atom stereocenters. The van der Waals surface area contributed by atoms with Gasteiger partial charge in [0.2, 0.25) is 0 Å². The van der Waals surface area contributed by atoms with Gasteiger partial charge in [0.15, 0.2) is 0 Å². The molecule has 0 saturated carbocycles. The second kappa shape index (κ2) is 9.34. The van der Waals surface area contributed by atoms with E-state index in [0.717, 1.165) is 36.8 Å². The summed E-state index contributed by atoms with van der Waals surface area (Å²) >= 11 is 5.90. The topological polar surface area (TPSA) is 24.5 Å². The molecule has 0 aliphatic heterocycles. The normalized spacial score (nSPS) is 11.1. The van der Waals surface area contributed by atoms with Gasteiger partial charge in [0.25, 0.3) is 0 Å². The van der Waals surface area contributed by atoms with Crippen molar-refractivity contribution in [2.45, 2.75) is 13.0 Å².